The summed E-state index contributed by atoms with van der Waals surface area (Å²) in [5, 5.41) is 11.4. The zero-order chi connectivity index (χ0) is 23.4. The summed E-state index contributed by atoms with van der Waals surface area (Å²) in [6, 6.07) is 10.8. The van der Waals surface area contributed by atoms with Crippen molar-refractivity contribution in [3.8, 4) is 11.3 Å². The Morgan fingerprint density at radius 3 is 2.82 bits per heavy atom. The molecule has 1 atom stereocenters. The van der Waals surface area contributed by atoms with E-state index < -0.39 is 0 Å². The minimum absolute atomic E-state index is 0.100. The van der Waals surface area contributed by atoms with Crippen molar-refractivity contribution in [1.29, 1.82) is 0 Å². The summed E-state index contributed by atoms with van der Waals surface area (Å²) in [4.78, 5) is 12.3. The smallest absolute Gasteiger partial charge is 0.226 e. The number of nitrogens with one attached hydrogen (secondary N) is 2. The van der Waals surface area contributed by atoms with Gasteiger partial charge < -0.3 is 10.6 Å². The molecular formula is C28H34N4O. The van der Waals surface area contributed by atoms with E-state index >= 15 is 0 Å². The van der Waals surface area contributed by atoms with E-state index in [4.69, 9.17) is 5.10 Å². The highest BCUT2D eigenvalue weighted by atomic mass is 16.2. The third-order valence-corrected chi connectivity index (χ3v) is 6.72. The molecule has 1 unspecified atom stereocenters. The van der Waals surface area contributed by atoms with Gasteiger partial charge in [-0.15, -0.1) is 5.10 Å². The summed E-state index contributed by atoms with van der Waals surface area (Å²) in [6.45, 7) is 13.0. The standard InChI is InChI=1S/C28H34N4O/c1-5-8-9-14-23(7-3)32-25(22-13-10-12-21(17-22)11-6-2)18-26(31-32)30-20(4)24-19-29-27(33)28(24)15-16-28/h5,8-10,12-14,17-18,24H,1,4,6-7,11,15-16,19H2,2-3H3,(H,29,33)(H,30,31)/b9-8-,23-14+. The van der Waals surface area contributed by atoms with Gasteiger partial charge in [-0.3, -0.25) is 4.79 Å². The van der Waals surface area contributed by atoms with Gasteiger partial charge in [0.05, 0.1) is 11.1 Å². The molecule has 2 aliphatic rings. The summed E-state index contributed by atoms with van der Waals surface area (Å²) in [5.74, 6) is 1.01. The second-order valence-electron chi connectivity index (χ2n) is 8.98. The molecule has 1 aliphatic carbocycles. The third kappa shape index (κ3) is 4.58. The quantitative estimate of drug-likeness (QED) is 0.447. The number of hydrogen-bond donors (Lipinski definition) is 2. The average Bonchev–Trinajstić information content (AvgIpc) is 3.40. The first-order valence-corrected chi connectivity index (χ1v) is 11.9. The van der Waals surface area contributed by atoms with Crippen LogP contribution >= 0.6 is 0 Å². The number of allylic oxidation sites excluding steroid dienone is 5. The van der Waals surface area contributed by atoms with Gasteiger partial charge in [0, 0.05) is 35.5 Å². The number of carbonyl (C=O) groups excluding carboxylic acids is 1. The summed E-state index contributed by atoms with van der Waals surface area (Å²) >= 11 is 0. The molecule has 5 heteroatoms. The van der Waals surface area contributed by atoms with Gasteiger partial charge in [-0.05, 0) is 43.4 Å². The van der Waals surface area contributed by atoms with Crippen LogP contribution in [0.2, 0.25) is 0 Å². The lowest BCUT2D eigenvalue weighted by Gasteiger charge is -2.18. The minimum Gasteiger partial charge on any atom is -0.355 e. The number of nitrogens with zero attached hydrogens (tertiary/aromatic N) is 2. The van der Waals surface area contributed by atoms with Gasteiger partial charge in [-0.25, -0.2) is 4.68 Å². The highest BCUT2D eigenvalue weighted by Crippen LogP contribution is 2.56. The molecule has 2 aromatic rings. The van der Waals surface area contributed by atoms with E-state index in [0.29, 0.717) is 6.54 Å². The Labute approximate surface area is 197 Å². The Bertz CT molecular complexity index is 1120. The van der Waals surface area contributed by atoms with Crippen molar-refractivity contribution in [3.05, 3.63) is 79.1 Å². The first-order chi connectivity index (χ1) is 16.0. The van der Waals surface area contributed by atoms with Gasteiger partial charge >= 0.3 is 0 Å². The Morgan fingerprint density at radius 1 is 1.30 bits per heavy atom. The summed E-state index contributed by atoms with van der Waals surface area (Å²) in [7, 11) is 0. The Kier molecular flexibility index (Phi) is 6.68. The molecule has 1 aliphatic heterocycles. The minimum atomic E-state index is -0.256. The van der Waals surface area contributed by atoms with Gasteiger partial charge in [0.2, 0.25) is 5.91 Å². The lowest BCUT2D eigenvalue weighted by molar-refractivity contribution is -0.124. The maximum Gasteiger partial charge on any atom is 0.226 e. The highest BCUT2D eigenvalue weighted by molar-refractivity contribution is 5.88. The molecule has 1 saturated heterocycles. The second-order valence-corrected chi connectivity index (χ2v) is 8.98. The molecule has 4 rings (SSSR count). The Hall–Kier alpha value is -3.34. The summed E-state index contributed by atoms with van der Waals surface area (Å²) in [6.07, 6.45) is 12.6. The average molecular weight is 443 g/mol. The molecule has 0 bridgehead atoms. The molecule has 1 aromatic carbocycles. The van der Waals surface area contributed by atoms with E-state index in [1.54, 1.807) is 6.08 Å². The van der Waals surface area contributed by atoms with E-state index in [2.05, 4.69) is 74.0 Å². The van der Waals surface area contributed by atoms with Crippen LogP contribution in [0.3, 0.4) is 0 Å². The van der Waals surface area contributed by atoms with E-state index in [1.807, 2.05) is 16.8 Å². The number of amides is 1. The first-order valence-electron chi connectivity index (χ1n) is 11.9. The largest absolute Gasteiger partial charge is 0.355 e. The molecule has 1 amide bonds. The van der Waals surface area contributed by atoms with Crippen molar-refractivity contribution in [1.82, 2.24) is 15.1 Å². The van der Waals surface area contributed by atoms with Crippen LogP contribution in [0, 0.1) is 11.3 Å². The molecule has 2 heterocycles. The summed E-state index contributed by atoms with van der Waals surface area (Å²) < 4.78 is 2.01. The van der Waals surface area contributed by atoms with E-state index in [9.17, 15) is 4.79 Å². The van der Waals surface area contributed by atoms with Gasteiger partial charge in [0.25, 0.3) is 0 Å². The van der Waals surface area contributed by atoms with Crippen LogP contribution < -0.4 is 10.6 Å². The zero-order valence-electron chi connectivity index (χ0n) is 19.7. The number of aryl methyl sites for hydroxylation is 1. The second kappa shape index (κ2) is 9.65. The predicted molar refractivity (Wildman–Crippen MR) is 136 cm³/mol. The Balaban J connectivity index is 1.69. The number of rotatable bonds is 10. The molecule has 2 N–H and O–H groups in total. The molecular weight excluding hydrogens is 408 g/mol. The maximum absolute atomic E-state index is 12.3. The van der Waals surface area contributed by atoms with Gasteiger partial charge in [-0.2, -0.15) is 0 Å². The molecule has 2 fully saturated rings. The summed E-state index contributed by atoms with van der Waals surface area (Å²) in [5.41, 5.74) is 5.17. The lowest BCUT2D eigenvalue weighted by Crippen LogP contribution is -2.23. The molecule has 172 valence electrons. The molecule has 1 saturated carbocycles. The normalized spacial score (nSPS) is 19.2. The van der Waals surface area contributed by atoms with Crippen LogP contribution in [0.25, 0.3) is 17.0 Å². The van der Waals surface area contributed by atoms with Crippen molar-refractivity contribution in [2.75, 3.05) is 11.9 Å². The Morgan fingerprint density at radius 2 is 2.12 bits per heavy atom. The zero-order valence-corrected chi connectivity index (χ0v) is 19.7. The van der Waals surface area contributed by atoms with E-state index in [0.717, 1.165) is 60.6 Å². The fraction of sp³-hybridized carbons (Fsp3) is 0.357. The van der Waals surface area contributed by atoms with Crippen molar-refractivity contribution in [2.24, 2.45) is 11.3 Å². The van der Waals surface area contributed by atoms with Crippen molar-refractivity contribution in [2.45, 2.75) is 46.0 Å². The fourth-order valence-corrected chi connectivity index (χ4v) is 4.77. The molecule has 5 nitrogen and oxygen atoms in total. The van der Waals surface area contributed by atoms with Crippen molar-refractivity contribution >= 4 is 17.4 Å². The first kappa shape index (κ1) is 22.8. The third-order valence-electron chi connectivity index (χ3n) is 6.72. The van der Waals surface area contributed by atoms with Crippen LogP contribution in [0.4, 0.5) is 5.82 Å². The fourth-order valence-electron chi connectivity index (χ4n) is 4.77. The van der Waals surface area contributed by atoms with Crippen LogP contribution in [0.1, 0.15) is 45.1 Å². The predicted octanol–water partition coefficient (Wildman–Crippen LogP) is 5.95. The van der Waals surface area contributed by atoms with Crippen molar-refractivity contribution < 1.29 is 4.79 Å². The van der Waals surface area contributed by atoms with Crippen molar-refractivity contribution in [3.63, 3.8) is 0 Å². The lowest BCUT2D eigenvalue weighted by atomic mass is 9.90. The topological polar surface area (TPSA) is 59.0 Å². The van der Waals surface area contributed by atoms with Crippen LogP contribution in [0.5, 0.6) is 0 Å². The maximum atomic E-state index is 12.3. The number of anilines is 1. The van der Waals surface area contributed by atoms with Crippen LogP contribution in [-0.4, -0.2) is 22.2 Å². The van der Waals surface area contributed by atoms with Crippen LogP contribution in [0.15, 0.2) is 73.5 Å². The molecule has 33 heavy (non-hydrogen) atoms. The van der Waals surface area contributed by atoms with Gasteiger partial charge in [0.1, 0.15) is 0 Å². The van der Waals surface area contributed by atoms with E-state index in [1.165, 1.54) is 5.56 Å². The van der Waals surface area contributed by atoms with E-state index in [-0.39, 0.29) is 17.2 Å². The number of aromatic nitrogens is 2. The number of hydrogen-bond acceptors (Lipinski definition) is 3. The van der Waals surface area contributed by atoms with Gasteiger partial charge in [0.15, 0.2) is 5.82 Å². The monoisotopic (exact) mass is 442 g/mol. The van der Waals surface area contributed by atoms with Gasteiger partial charge in [-0.1, -0.05) is 69.9 Å². The SMILES string of the molecule is C=C/C=C\C=C(/CC)n1nc(NC(=C)C2CNC(=O)C23CC3)cc1-c1cccc(CCC)c1. The molecule has 1 spiro atoms. The molecule has 1 aromatic heterocycles. The number of carbonyl (C=O) groups is 1. The molecule has 0 radical (unpaired) electrons. The number of benzene rings is 1. The van der Waals surface area contributed by atoms with Crippen LogP contribution in [-0.2, 0) is 11.2 Å². The highest BCUT2D eigenvalue weighted by Gasteiger charge is 2.59.